The van der Waals surface area contributed by atoms with Crippen LogP contribution >= 0.6 is 0 Å². The lowest BCUT2D eigenvalue weighted by atomic mass is 10.1. The molecule has 1 aromatic carbocycles. The van der Waals surface area contributed by atoms with E-state index in [2.05, 4.69) is 58.4 Å². The highest BCUT2D eigenvalue weighted by atomic mass is 15.2. The van der Waals surface area contributed by atoms with Crippen molar-refractivity contribution in [1.29, 1.82) is 0 Å². The lowest BCUT2D eigenvalue weighted by Crippen LogP contribution is -2.20. The van der Waals surface area contributed by atoms with Crippen LogP contribution in [0.4, 0.5) is 11.6 Å². The van der Waals surface area contributed by atoms with Crippen molar-refractivity contribution in [3.8, 4) is 0 Å². The Morgan fingerprint density at radius 2 is 1.90 bits per heavy atom. The second-order valence-corrected chi connectivity index (χ2v) is 5.16. The summed E-state index contributed by atoms with van der Waals surface area (Å²) >= 11 is 0. The lowest BCUT2D eigenvalue weighted by molar-refractivity contribution is 0.870. The summed E-state index contributed by atoms with van der Waals surface area (Å²) in [6.45, 7) is 6.92. The summed E-state index contributed by atoms with van der Waals surface area (Å²) < 4.78 is 0. The number of nitrogens with one attached hydrogen (secondary N) is 1. The minimum absolute atomic E-state index is 0.783. The second kappa shape index (κ2) is 5.90. The van der Waals surface area contributed by atoms with E-state index >= 15 is 0 Å². The molecule has 0 saturated heterocycles. The lowest BCUT2D eigenvalue weighted by Gasteiger charge is -2.22. The average molecular weight is 270 g/mol. The van der Waals surface area contributed by atoms with Gasteiger partial charge in [-0.3, -0.25) is 0 Å². The number of hydrogen-bond acceptors (Lipinski definition) is 4. The largest absolute Gasteiger partial charge is 0.373 e. The van der Waals surface area contributed by atoms with Crippen LogP contribution in [0.15, 0.2) is 24.3 Å². The maximum Gasteiger partial charge on any atom is 0.137 e. The van der Waals surface area contributed by atoms with Crippen molar-refractivity contribution < 1.29 is 0 Å². The molecule has 0 fully saturated rings. The molecule has 4 heteroatoms. The molecule has 0 saturated carbocycles. The predicted octanol–water partition coefficient (Wildman–Crippen LogP) is 3.08. The van der Waals surface area contributed by atoms with Crippen molar-refractivity contribution in [2.45, 2.75) is 27.3 Å². The van der Waals surface area contributed by atoms with Crippen LogP contribution in [0.3, 0.4) is 0 Å². The standard InChI is InChI=1S/C16H22N4/c1-11-7-6-8-14(9-11)10-20(5)16-12(2)15(17-4)18-13(3)19-16/h6-9H,10H2,1-5H3,(H,17,18,19). The van der Waals surface area contributed by atoms with Gasteiger partial charge in [0, 0.05) is 26.2 Å². The second-order valence-electron chi connectivity index (χ2n) is 5.16. The summed E-state index contributed by atoms with van der Waals surface area (Å²) in [6.07, 6.45) is 0. The topological polar surface area (TPSA) is 41.1 Å². The van der Waals surface area contributed by atoms with Gasteiger partial charge in [-0.25, -0.2) is 9.97 Å². The summed E-state index contributed by atoms with van der Waals surface area (Å²) in [5.74, 6) is 2.65. The Kier molecular flexibility index (Phi) is 4.23. The summed E-state index contributed by atoms with van der Waals surface area (Å²) in [7, 11) is 3.95. The van der Waals surface area contributed by atoms with E-state index in [4.69, 9.17) is 0 Å². The van der Waals surface area contributed by atoms with Gasteiger partial charge in [0.05, 0.1) is 0 Å². The fourth-order valence-corrected chi connectivity index (χ4v) is 2.39. The van der Waals surface area contributed by atoms with Crippen molar-refractivity contribution in [3.63, 3.8) is 0 Å². The molecule has 0 unspecified atom stereocenters. The maximum absolute atomic E-state index is 4.57. The zero-order chi connectivity index (χ0) is 14.7. The number of anilines is 2. The summed E-state index contributed by atoms with van der Waals surface area (Å²) in [5, 5.41) is 3.13. The van der Waals surface area contributed by atoms with Gasteiger partial charge < -0.3 is 10.2 Å². The molecule has 0 spiro atoms. The van der Waals surface area contributed by atoms with Crippen molar-refractivity contribution in [2.75, 3.05) is 24.3 Å². The Morgan fingerprint density at radius 3 is 2.55 bits per heavy atom. The molecule has 0 amide bonds. The fraction of sp³-hybridized carbons (Fsp3) is 0.375. The van der Waals surface area contributed by atoms with E-state index < -0.39 is 0 Å². The first-order valence-corrected chi connectivity index (χ1v) is 6.81. The minimum Gasteiger partial charge on any atom is -0.373 e. The molecular formula is C16H22N4. The van der Waals surface area contributed by atoms with Crippen molar-refractivity contribution in [2.24, 2.45) is 0 Å². The number of aromatic nitrogens is 2. The molecular weight excluding hydrogens is 248 g/mol. The molecule has 0 aliphatic carbocycles. The van der Waals surface area contributed by atoms with Crippen molar-refractivity contribution in [1.82, 2.24) is 9.97 Å². The van der Waals surface area contributed by atoms with Gasteiger partial charge in [0.15, 0.2) is 0 Å². The molecule has 2 aromatic rings. The highest BCUT2D eigenvalue weighted by Gasteiger charge is 2.12. The SMILES string of the molecule is CNc1nc(C)nc(N(C)Cc2cccc(C)c2)c1C. The zero-order valence-corrected chi connectivity index (χ0v) is 12.9. The minimum atomic E-state index is 0.783. The van der Waals surface area contributed by atoms with Crippen LogP contribution in [0, 0.1) is 20.8 Å². The van der Waals surface area contributed by atoms with Gasteiger partial charge in [0.1, 0.15) is 17.5 Å². The Hall–Kier alpha value is -2.10. The molecule has 0 atom stereocenters. The van der Waals surface area contributed by atoms with E-state index in [0.29, 0.717) is 0 Å². The Balaban J connectivity index is 2.29. The fourth-order valence-electron chi connectivity index (χ4n) is 2.39. The zero-order valence-electron chi connectivity index (χ0n) is 12.9. The number of rotatable bonds is 4. The Labute approximate surface area is 120 Å². The summed E-state index contributed by atoms with van der Waals surface area (Å²) in [5.41, 5.74) is 3.64. The van der Waals surface area contributed by atoms with E-state index in [9.17, 15) is 0 Å². The van der Waals surface area contributed by atoms with E-state index in [1.54, 1.807) is 0 Å². The molecule has 4 nitrogen and oxygen atoms in total. The van der Waals surface area contributed by atoms with Gasteiger partial charge in [0.2, 0.25) is 0 Å². The van der Waals surface area contributed by atoms with Crippen LogP contribution < -0.4 is 10.2 Å². The Morgan fingerprint density at radius 1 is 1.15 bits per heavy atom. The van der Waals surface area contributed by atoms with Crippen LogP contribution in [0.5, 0.6) is 0 Å². The first kappa shape index (κ1) is 14.3. The smallest absolute Gasteiger partial charge is 0.137 e. The van der Waals surface area contributed by atoms with Crippen molar-refractivity contribution >= 4 is 11.6 Å². The van der Waals surface area contributed by atoms with Gasteiger partial charge >= 0.3 is 0 Å². The normalized spacial score (nSPS) is 10.4. The van der Waals surface area contributed by atoms with Crippen LogP contribution in [0.2, 0.25) is 0 Å². The van der Waals surface area contributed by atoms with Crippen LogP contribution in [0.25, 0.3) is 0 Å². The maximum atomic E-state index is 4.57. The first-order chi connectivity index (χ1) is 9.51. The van der Waals surface area contributed by atoms with E-state index in [1.807, 2.05) is 20.9 Å². The molecule has 1 heterocycles. The summed E-state index contributed by atoms with van der Waals surface area (Å²) in [4.78, 5) is 11.1. The van der Waals surface area contributed by atoms with Gasteiger partial charge in [0.25, 0.3) is 0 Å². The first-order valence-electron chi connectivity index (χ1n) is 6.81. The molecule has 1 N–H and O–H groups in total. The average Bonchev–Trinajstić information content (AvgIpc) is 2.40. The quantitative estimate of drug-likeness (QED) is 0.927. The van der Waals surface area contributed by atoms with Crippen LogP contribution in [-0.4, -0.2) is 24.1 Å². The molecule has 0 radical (unpaired) electrons. The third-order valence-corrected chi connectivity index (χ3v) is 3.33. The Bertz CT molecular complexity index is 607. The monoisotopic (exact) mass is 270 g/mol. The van der Waals surface area contributed by atoms with Gasteiger partial charge in [-0.15, -0.1) is 0 Å². The van der Waals surface area contributed by atoms with Crippen LogP contribution in [0.1, 0.15) is 22.5 Å². The molecule has 0 aliphatic heterocycles. The number of aryl methyl sites for hydroxylation is 2. The highest BCUT2D eigenvalue weighted by molar-refractivity contribution is 5.58. The van der Waals surface area contributed by atoms with Gasteiger partial charge in [-0.05, 0) is 26.3 Å². The molecule has 106 valence electrons. The predicted molar refractivity (Wildman–Crippen MR) is 84.3 cm³/mol. The molecule has 2 rings (SSSR count). The molecule has 0 bridgehead atoms. The number of benzene rings is 1. The third-order valence-electron chi connectivity index (χ3n) is 3.33. The third kappa shape index (κ3) is 3.07. The van der Waals surface area contributed by atoms with Gasteiger partial charge in [-0.2, -0.15) is 0 Å². The highest BCUT2D eigenvalue weighted by Crippen LogP contribution is 2.23. The molecule has 1 aromatic heterocycles. The van der Waals surface area contributed by atoms with Crippen molar-refractivity contribution in [3.05, 3.63) is 46.8 Å². The van der Waals surface area contributed by atoms with E-state index in [1.165, 1.54) is 11.1 Å². The van der Waals surface area contributed by atoms with E-state index in [-0.39, 0.29) is 0 Å². The number of nitrogens with zero attached hydrogens (tertiary/aromatic N) is 3. The van der Waals surface area contributed by atoms with E-state index in [0.717, 1.165) is 29.6 Å². The van der Waals surface area contributed by atoms with Gasteiger partial charge in [-0.1, -0.05) is 29.8 Å². The number of hydrogen-bond donors (Lipinski definition) is 1. The molecule has 20 heavy (non-hydrogen) atoms. The summed E-state index contributed by atoms with van der Waals surface area (Å²) in [6, 6.07) is 8.56. The van der Waals surface area contributed by atoms with Crippen LogP contribution in [-0.2, 0) is 6.54 Å². The molecule has 0 aliphatic rings.